The Morgan fingerprint density at radius 3 is 2.66 bits per heavy atom. The van der Waals surface area contributed by atoms with Crippen molar-refractivity contribution in [2.24, 2.45) is 5.73 Å². The fourth-order valence-corrected chi connectivity index (χ4v) is 4.59. The molecule has 2 saturated carbocycles. The molecule has 0 spiro atoms. The number of carbonyl (C=O) groups excluding carboxylic acids is 1. The van der Waals surface area contributed by atoms with Gasteiger partial charge in [-0.3, -0.25) is 10.1 Å². The molecule has 2 aromatic heterocycles. The Morgan fingerprint density at radius 2 is 2.00 bits per heavy atom. The predicted octanol–water partition coefficient (Wildman–Crippen LogP) is 3.85. The second-order valence-electron chi connectivity index (χ2n) is 8.72. The van der Waals surface area contributed by atoms with Gasteiger partial charge in [0, 0.05) is 46.2 Å². The molecule has 6 heteroatoms. The number of pyridine rings is 1. The first-order chi connectivity index (χ1) is 14.1. The molecule has 2 fully saturated rings. The maximum absolute atomic E-state index is 11.9. The van der Waals surface area contributed by atoms with E-state index in [2.05, 4.69) is 33.7 Å². The molecule has 0 bridgehead atoms. The fourth-order valence-electron chi connectivity index (χ4n) is 4.59. The van der Waals surface area contributed by atoms with E-state index in [9.17, 15) is 4.79 Å². The van der Waals surface area contributed by atoms with Gasteiger partial charge in [0.1, 0.15) is 6.29 Å². The Balaban J connectivity index is 1.64. The Kier molecular flexibility index (Phi) is 4.39. The molecule has 2 aliphatic rings. The number of rotatable bonds is 5. The number of hydrogen-bond donors (Lipinski definition) is 3. The zero-order valence-corrected chi connectivity index (χ0v) is 16.7. The SMILES string of the molecule is Cc1[nH]ncc1-c1ccc2ncc(C3(C=O)CC3)c(NC3CCC(N)CC3)c2c1. The average molecular weight is 390 g/mol. The summed E-state index contributed by atoms with van der Waals surface area (Å²) in [5.41, 5.74) is 12.0. The highest BCUT2D eigenvalue weighted by Gasteiger charge is 2.46. The van der Waals surface area contributed by atoms with Crippen molar-refractivity contribution in [3.63, 3.8) is 0 Å². The minimum absolute atomic E-state index is 0.308. The summed E-state index contributed by atoms with van der Waals surface area (Å²) in [7, 11) is 0. The molecule has 29 heavy (non-hydrogen) atoms. The lowest BCUT2D eigenvalue weighted by molar-refractivity contribution is -0.109. The number of anilines is 1. The first kappa shape index (κ1) is 18.3. The van der Waals surface area contributed by atoms with Crippen LogP contribution in [0, 0.1) is 6.92 Å². The second-order valence-corrected chi connectivity index (χ2v) is 8.72. The Bertz CT molecular complexity index is 1060. The van der Waals surface area contributed by atoms with Crippen LogP contribution in [0.3, 0.4) is 0 Å². The van der Waals surface area contributed by atoms with Crippen LogP contribution in [0.15, 0.2) is 30.6 Å². The van der Waals surface area contributed by atoms with Gasteiger partial charge in [-0.15, -0.1) is 0 Å². The standard InChI is InChI=1S/C23H27N5O/c1-14-19(11-26-28-14)15-2-7-21-18(10-15)22(27-17-5-3-16(24)4-6-17)20(12-25-21)23(13-29)8-9-23/h2,7,10-13,16-17H,3-6,8-9,24H2,1H3,(H,25,27)(H,26,28). The van der Waals surface area contributed by atoms with Crippen LogP contribution < -0.4 is 11.1 Å². The van der Waals surface area contributed by atoms with Crippen molar-refractivity contribution in [3.05, 3.63) is 41.9 Å². The fraction of sp³-hybridized carbons (Fsp3) is 0.435. The summed E-state index contributed by atoms with van der Waals surface area (Å²) in [6, 6.07) is 7.01. The minimum atomic E-state index is -0.379. The van der Waals surface area contributed by atoms with Crippen molar-refractivity contribution in [2.45, 2.75) is 62.9 Å². The average Bonchev–Trinajstić information content (AvgIpc) is 3.42. The van der Waals surface area contributed by atoms with Crippen LogP contribution >= 0.6 is 0 Å². The third-order valence-electron chi connectivity index (χ3n) is 6.68. The summed E-state index contributed by atoms with van der Waals surface area (Å²) in [6.45, 7) is 2.03. The Morgan fingerprint density at radius 1 is 1.21 bits per heavy atom. The lowest BCUT2D eigenvalue weighted by Gasteiger charge is -2.29. The van der Waals surface area contributed by atoms with Crippen LogP contribution in [0.2, 0.25) is 0 Å². The minimum Gasteiger partial charge on any atom is -0.381 e. The molecular formula is C23H27N5O. The van der Waals surface area contributed by atoms with Crippen molar-refractivity contribution in [1.82, 2.24) is 15.2 Å². The van der Waals surface area contributed by atoms with Crippen LogP contribution in [0.4, 0.5) is 5.69 Å². The number of aldehydes is 1. The summed E-state index contributed by atoms with van der Waals surface area (Å²) < 4.78 is 0. The number of aromatic amines is 1. The number of nitrogens with one attached hydrogen (secondary N) is 2. The van der Waals surface area contributed by atoms with Crippen LogP contribution in [0.5, 0.6) is 0 Å². The molecule has 0 atom stereocenters. The number of H-pyrrole nitrogens is 1. The maximum Gasteiger partial charge on any atom is 0.130 e. The molecule has 2 heterocycles. The molecule has 4 N–H and O–H groups in total. The third-order valence-corrected chi connectivity index (χ3v) is 6.68. The summed E-state index contributed by atoms with van der Waals surface area (Å²) >= 11 is 0. The van der Waals surface area contributed by atoms with Gasteiger partial charge >= 0.3 is 0 Å². The number of aromatic nitrogens is 3. The molecule has 3 aromatic rings. The number of carbonyl (C=O) groups is 1. The van der Waals surface area contributed by atoms with Crippen molar-refractivity contribution < 1.29 is 4.79 Å². The highest BCUT2D eigenvalue weighted by atomic mass is 16.1. The molecule has 5 rings (SSSR count). The predicted molar refractivity (Wildman–Crippen MR) is 115 cm³/mol. The van der Waals surface area contributed by atoms with Crippen LogP contribution in [0.1, 0.15) is 49.8 Å². The van der Waals surface area contributed by atoms with Gasteiger partial charge in [0.25, 0.3) is 0 Å². The van der Waals surface area contributed by atoms with Crippen molar-refractivity contribution in [3.8, 4) is 11.1 Å². The Hall–Kier alpha value is -2.73. The van der Waals surface area contributed by atoms with E-state index >= 15 is 0 Å². The highest BCUT2D eigenvalue weighted by Crippen LogP contribution is 2.50. The zero-order chi connectivity index (χ0) is 20.0. The smallest absolute Gasteiger partial charge is 0.130 e. The monoisotopic (exact) mass is 389 g/mol. The van der Waals surface area contributed by atoms with Gasteiger partial charge in [-0.25, -0.2) is 0 Å². The van der Waals surface area contributed by atoms with E-state index in [1.54, 1.807) is 0 Å². The van der Waals surface area contributed by atoms with Crippen LogP contribution in [-0.4, -0.2) is 33.6 Å². The van der Waals surface area contributed by atoms with Gasteiger partial charge in [-0.05, 0) is 63.1 Å². The van der Waals surface area contributed by atoms with Gasteiger partial charge in [0.2, 0.25) is 0 Å². The normalized spacial score (nSPS) is 23.1. The molecule has 2 aliphatic carbocycles. The molecular weight excluding hydrogens is 362 g/mol. The van der Waals surface area contributed by atoms with Gasteiger partial charge in [0.15, 0.2) is 0 Å². The first-order valence-electron chi connectivity index (χ1n) is 10.5. The lowest BCUT2D eigenvalue weighted by atomic mass is 9.89. The maximum atomic E-state index is 11.9. The molecule has 0 radical (unpaired) electrons. The van der Waals surface area contributed by atoms with Gasteiger partial charge in [-0.1, -0.05) is 6.07 Å². The first-order valence-corrected chi connectivity index (χ1v) is 10.5. The molecule has 0 saturated heterocycles. The lowest BCUT2D eigenvalue weighted by Crippen LogP contribution is -2.33. The van der Waals surface area contributed by atoms with Gasteiger partial charge < -0.3 is 15.8 Å². The molecule has 6 nitrogen and oxygen atoms in total. The molecule has 0 unspecified atom stereocenters. The van der Waals surface area contributed by atoms with E-state index in [-0.39, 0.29) is 5.41 Å². The summed E-state index contributed by atoms with van der Waals surface area (Å²) in [4.78, 5) is 16.6. The number of nitrogens with two attached hydrogens (primary N) is 1. The van der Waals surface area contributed by atoms with E-state index in [1.807, 2.05) is 19.3 Å². The molecule has 1 aromatic carbocycles. The second kappa shape index (κ2) is 6.95. The van der Waals surface area contributed by atoms with Crippen LogP contribution in [-0.2, 0) is 10.2 Å². The Labute approximate surface area is 170 Å². The number of fused-ring (bicyclic) bond motifs is 1. The molecule has 0 amide bonds. The topological polar surface area (TPSA) is 96.7 Å². The molecule has 150 valence electrons. The number of benzene rings is 1. The van der Waals surface area contributed by atoms with Crippen LogP contribution in [0.25, 0.3) is 22.0 Å². The van der Waals surface area contributed by atoms with E-state index in [4.69, 9.17) is 10.7 Å². The van der Waals surface area contributed by atoms with Crippen molar-refractivity contribution in [1.29, 1.82) is 0 Å². The zero-order valence-electron chi connectivity index (χ0n) is 16.7. The number of nitrogens with zero attached hydrogens (tertiary/aromatic N) is 2. The third kappa shape index (κ3) is 3.21. The largest absolute Gasteiger partial charge is 0.381 e. The van der Waals surface area contributed by atoms with Gasteiger partial charge in [-0.2, -0.15) is 5.10 Å². The number of hydrogen-bond acceptors (Lipinski definition) is 5. The van der Waals surface area contributed by atoms with E-state index in [1.165, 1.54) is 0 Å². The van der Waals surface area contributed by atoms with Crippen molar-refractivity contribution in [2.75, 3.05) is 5.32 Å². The van der Waals surface area contributed by atoms with E-state index in [0.29, 0.717) is 12.1 Å². The van der Waals surface area contributed by atoms with Crippen molar-refractivity contribution >= 4 is 22.9 Å². The van der Waals surface area contributed by atoms with E-state index < -0.39 is 0 Å². The summed E-state index contributed by atoms with van der Waals surface area (Å²) in [5, 5.41) is 12.1. The quantitative estimate of drug-likeness (QED) is 0.576. The van der Waals surface area contributed by atoms with Gasteiger partial charge in [0.05, 0.1) is 17.1 Å². The summed E-state index contributed by atoms with van der Waals surface area (Å²) in [6.07, 6.45) is 10.9. The number of aryl methyl sites for hydroxylation is 1. The molecule has 0 aliphatic heterocycles. The summed E-state index contributed by atoms with van der Waals surface area (Å²) in [5.74, 6) is 0. The highest BCUT2D eigenvalue weighted by molar-refractivity contribution is 5.98. The van der Waals surface area contributed by atoms with E-state index in [0.717, 1.165) is 83.8 Å².